The number of nitrogens with zero attached hydrogens (tertiary/aromatic N) is 1. The number of rotatable bonds is 6. The van der Waals surface area contributed by atoms with Crippen molar-refractivity contribution < 1.29 is 17.9 Å². The molecule has 6 heteroatoms. The second-order valence-electron chi connectivity index (χ2n) is 5.89. The number of halogens is 3. The van der Waals surface area contributed by atoms with E-state index < -0.39 is 11.7 Å². The minimum atomic E-state index is -4.37. The molecule has 1 fully saturated rings. The summed E-state index contributed by atoms with van der Waals surface area (Å²) in [6.45, 7) is 5.25. The Morgan fingerprint density at radius 2 is 1.96 bits per heavy atom. The van der Waals surface area contributed by atoms with Crippen LogP contribution in [0.4, 0.5) is 13.2 Å². The summed E-state index contributed by atoms with van der Waals surface area (Å²) in [7, 11) is 1.39. The van der Waals surface area contributed by atoms with Gasteiger partial charge in [0, 0.05) is 32.2 Å². The summed E-state index contributed by atoms with van der Waals surface area (Å²) in [4.78, 5) is 2.17. The number of benzene rings is 1. The van der Waals surface area contributed by atoms with E-state index in [1.807, 2.05) is 0 Å². The first kappa shape index (κ1) is 18.1. The number of piperazine rings is 1. The first-order valence-corrected chi connectivity index (χ1v) is 8.17. The Hall–Kier alpha value is -1.27. The van der Waals surface area contributed by atoms with Crippen LogP contribution in [0.1, 0.15) is 43.4 Å². The molecule has 0 amide bonds. The van der Waals surface area contributed by atoms with E-state index in [1.54, 1.807) is 12.1 Å². The highest BCUT2D eigenvalue weighted by Crippen LogP contribution is 2.40. The van der Waals surface area contributed by atoms with Gasteiger partial charge in [-0.3, -0.25) is 4.90 Å². The standard InChI is InChI=1S/C17H25F3N2O/c1-3-4-5-16(22-10-8-21-9-11-22)14-7-6-13(23-2)12-15(14)17(18,19)20/h6-7,12,16,21H,3-5,8-11H2,1-2H3/t16-/m0/s1. The van der Waals surface area contributed by atoms with Crippen molar-refractivity contribution in [3.8, 4) is 5.75 Å². The van der Waals surface area contributed by atoms with E-state index in [0.29, 0.717) is 5.56 Å². The lowest BCUT2D eigenvalue weighted by molar-refractivity contribution is -0.139. The predicted octanol–water partition coefficient (Wildman–Crippen LogP) is 3.85. The summed E-state index contributed by atoms with van der Waals surface area (Å²) in [6.07, 6.45) is -1.74. The second kappa shape index (κ2) is 8.02. The van der Waals surface area contributed by atoms with E-state index in [1.165, 1.54) is 7.11 Å². The van der Waals surface area contributed by atoms with E-state index in [-0.39, 0.29) is 11.8 Å². The van der Waals surface area contributed by atoms with E-state index in [2.05, 4.69) is 17.1 Å². The van der Waals surface area contributed by atoms with Crippen LogP contribution in [-0.2, 0) is 6.18 Å². The van der Waals surface area contributed by atoms with Crippen molar-refractivity contribution >= 4 is 0 Å². The third kappa shape index (κ3) is 4.61. The van der Waals surface area contributed by atoms with Gasteiger partial charge >= 0.3 is 6.18 Å². The molecule has 1 aromatic rings. The Labute approximate surface area is 135 Å². The maximum absolute atomic E-state index is 13.5. The molecule has 23 heavy (non-hydrogen) atoms. The number of ether oxygens (including phenoxy) is 1. The lowest BCUT2D eigenvalue weighted by Crippen LogP contribution is -2.45. The molecule has 0 unspecified atom stereocenters. The quantitative estimate of drug-likeness (QED) is 0.857. The molecule has 0 radical (unpaired) electrons. The molecule has 0 aromatic heterocycles. The Bertz CT molecular complexity index is 499. The van der Waals surface area contributed by atoms with Gasteiger partial charge in [-0.2, -0.15) is 13.2 Å². The predicted molar refractivity (Wildman–Crippen MR) is 84.7 cm³/mol. The minimum absolute atomic E-state index is 0.195. The van der Waals surface area contributed by atoms with Crippen LogP contribution < -0.4 is 10.1 Å². The molecule has 1 heterocycles. The first-order valence-electron chi connectivity index (χ1n) is 8.17. The number of hydrogen-bond acceptors (Lipinski definition) is 3. The van der Waals surface area contributed by atoms with E-state index >= 15 is 0 Å². The number of unbranched alkanes of at least 4 members (excludes halogenated alkanes) is 1. The zero-order chi connectivity index (χ0) is 16.9. The Morgan fingerprint density at radius 1 is 1.26 bits per heavy atom. The normalized spacial score (nSPS) is 18.0. The number of alkyl halides is 3. The highest BCUT2D eigenvalue weighted by molar-refractivity contribution is 5.39. The van der Waals surface area contributed by atoms with Crippen LogP contribution in [-0.4, -0.2) is 38.2 Å². The summed E-state index contributed by atoms with van der Waals surface area (Å²) in [5.74, 6) is 0.246. The molecule has 1 N–H and O–H groups in total. The van der Waals surface area contributed by atoms with Crippen LogP contribution in [0, 0.1) is 0 Å². The van der Waals surface area contributed by atoms with Crippen molar-refractivity contribution in [2.24, 2.45) is 0 Å². The molecule has 0 aliphatic carbocycles. The van der Waals surface area contributed by atoms with E-state index in [0.717, 1.165) is 51.5 Å². The van der Waals surface area contributed by atoms with Gasteiger partial charge in [-0.15, -0.1) is 0 Å². The highest BCUT2D eigenvalue weighted by Gasteiger charge is 2.37. The van der Waals surface area contributed by atoms with Gasteiger partial charge in [0.1, 0.15) is 5.75 Å². The zero-order valence-electron chi connectivity index (χ0n) is 13.7. The van der Waals surface area contributed by atoms with Crippen LogP contribution in [0.2, 0.25) is 0 Å². The summed E-state index contributed by atoms with van der Waals surface area (Å²) in [6, 6.07) is 4.14. The van der Waals surface area contributed by atoms with Gasteiger partial charge in [-0.25, -0.2) is 0 Å². The van der Waals surface area contributed by atoms with Crippen molar-refractivity contribution in [2.75, 3.05) is 33.3 Å². The SMILES string of the molecule is CCCC[C@@H](c1ccc(OC)cc1C(F)(F)F)N1CCNCC1. The smallest absolute Gasteiger partial charge is 0.416 e. The zero-order valence-corrected chi connectivity index (χ0v) is 13.7. The van der Waals surface area contributed by atoms with Crippen LogP contribution in [0.3, 0.4) is 0 Å². The van der Waals surface area contributed by atoms with Crippen LogP contribution in [0.15, 0.2) is 18.2 Å². The first-order chi connectivity index (χ1) is 11.0. The lowest BCUT2D eigenvalue weighted by Gasteiger charge is -2.36. The molecule has 0 spiro atoms. The summed E-state index contributed by atoms with van der Waals surface area (Å²) in [5.41, 5.74) is -0.204. The van der Waals surface area contributed by atoms with Gasteiger partial charge in [-0.1, -0.05) is 25.8 Å². The fourth-order valence-corrected chi connectivity index (χ4v) is 3.12. The highest BCUT2D eigenvalue weighted by atomic mass is 19.4. The van der Waals surface area contributed by atoms with Gasteiger partial charge < -0.3 is 10.1 Å². The molecule has 3 nitrogen and oxygen atoms in total. The largest absolute Gasteiger partial charge is 0.497 e. The molecule has 130 valence electrons. The molecule has 1 aliphatic rings. The average molecular weight is 330 g/mol. The Morgan fingerprint density at radius 3 is 2.52 bits per heavy atom. The van der Waals surface area contributed by atoms with Gasteiger partial charge in [0.25, 0.3) is 0 Å². The summed E-state index contributed by atoms with van der Waals surface area (Å²) in [5, 5.41) is 3.26. The molecule has 1 aliphatic heterocycles. The van der Waals surface area contributed by atoms with Crippen molar-refractivity contribution in [1.29, 1.82) is 0 Å². The van der Waals surface area contributed by atoms with Gasteiger partial charge in [-0.05, 0) is 24.1 Å². The van der Waals surface area contributed by atoms with E-state index in [9.17, 15) is 13.2 Å². The average Bonchev–Trinajstić information content (AvgIpc) is 2.55. The number of hydrogen-bond donors (Lipinski definition) is 1. The summed E-state index contributed by atoms with van der Waals surface area (Å²) < 4.78 is 45.6. The van der Waals surface area contributed by atoms with Gasteiger partial charge in [0.05, 0.1) is 12.7 Å². The minimum Gasteiger partial charge on any atom is -0.497 e. The lowest BCUT2D eigenvalue weighted by atomic mass is 9.93. The molecule has 0 saturated carbocycles. The molecule has 1 atom stereocenters. The molecule has 1 aromatic carbocycles. The van der Waals surface area contributed by atoms with Crippen molar-refractivity contribution in [3.05, 3.63) is 29.3 Å². The maximum Gasteiger partial charge on any atom is 0.416 e. The van der Waals surface area contributed by atoms with Gasteiger partial charge in [0.2, 0.25) is 0 Å². The molecular weight excluding hydrogens is 305 g/mol. The van der Waals surface area contributed by atoms with Crippen LogP contribution in [0.25, 0.3) is 0 Å². The third-order valence-electron chi connectivity index (χ3n) is 4.35. The van der Waals surface area contributed by atoms with Crippen LogP contribution in [0.5, 0.6) is 5.75 Å². The second-order valence-corrected chi connectivity index (χ2v) is 5.89. The third-order valence-corrected chi connectivity index (χ3v) is 4.35. The molecule has 2 rings (SSSR count). The van der Waals surface area contributed by atoms with Crippen molar-refractivity contribution in [1.82, 2.24) is 10.2 Å². The molecular formula is C17H25F3N2O. The number of nitrogens with one attached hydrogen (secondary N) is 1. The Kier molecular flexibility index (Phi) is 6.30. The maximum atomic E-state index is 13.5. The fourth-order valence-electron chi connectivity index (χ4n) is 3.12. The van der Waals surface area contributed by atoms with Crippen molar-refractivity contribution in [2.45, 2.75) is 38.4 Å². The molecule has 0 bridgehead atoms. The molecule has 1 saturated heterocycles. The fraction of sp³-hybridized carbons (Fsp3) is 0.647. The number of methoxy groups -OCH3 is 1. The Balaban J connectivity index is 2.39. The van der Waals surface area contributed by atoms with E-state index in [4.69, 9.17) is 4.74 Å². The monoisotopic (exact) mass is 330 g/mol. The van der Waals surface area contributed by atoms with Crippen LogP contribution >= 0.6 is 0 Å². The van der Waals surface area contributed by atoms with Gasteiger partial charge in [0.15, 0.2) is 0 Å². The topological polar surface area (TPSA) is 24.5 Å². The van der Waals surface area contributed by atoms with Crippen molar-refractivity contribution in [3.63, 3.8) is 0 Å². The summed E-state index contributed by atoms with van der Waals surface area (Å²) >= 11 is 0.